The molecule has 0 spiro atoms. The summed E-state index contributed by atoms with van der Waals surface area (Å²) in [7, 11) is 0. The predicted octanol–water partition coefficient (Wildman–Crippen LogP) is 7.67. The third kappa shape index (κ3) is 6.75. The second kappa shape index (κ2) is 11.4. The van der Waals surface area contributed by atoms with Crippen LogP contribution in [0.1, 0.15) is 84.0 Å². The van der Waals surface area contributed by atoms with Crippen LogP contribution in [-0.2, 0) is 0 Å². The summed E-state index contributed by atoms with van der Waals surface area (Å²) < 4.78 is 12.7. The summed E-state index contributed by atoms with van der Waals surface area (Å²) in [5.74, 6) is 2.60. The Morgan fingerprint density at radius 2 is 1.54 bits per heavy atom. The highest BCUT2D eigenvalue weighted by molar-refractivity contribution is 5.18. The Balaban J connectivity index is 1.65. The van der Waals surface area contributed by atoms with Crippen LogP contribution in [0.15, 0.2) is 36.2 Å². The molecule has 0 aromatic carbocycles. The zero-order valence-electron chi connectivity index (χ0n) is 16.6. The maximum absolute atomic E-state index is 12.7. The minimum absolute atomic E-state index is 0.719. The minimum atomic E-state index is -0.719. The first-order valence-electron chi connectivity index (χ1n) is 10.7. The molecule has 0 N–H and O–H groups in total. The van der Waals surface area contributed by atoms with E-state index in [1.54, 1.807) is 11.6 Å². The Morgan fingerprint density at radius 3 is 2.04 bits per heavy atom. The molecular formula is C24H36FN. The second-order valence-corrected chi connectivity index (χ2v) is 8.43. The first-order chi connectivity index (χ1) is 12.6. The SMILES string of the molecule is C=C(C1CCC(CCC)CC1)C1CCC(CCC=CC=C(F)C#N)CC1. The van der Waals surface area contributed by atoms with Crippen molar-refractivity contribution < 1.29 is 4.39 Å². The van der Waals surface area contributed by atoms with Gasteiger partial charge in [0, 0.05) is 0 Å². The second-order valence-electron chi connectivity index (χ2n) is 8.43. The third-order valence-corrected chi connectivity index (χ3v) is 6.67. The highest BCUT2D eigenvalue weighted by atomic mass is 19.1. The monoisotopic (exact) mass is 357 g/mol. The molecule has 0 radical (unpaired) electrons. The van der Waals surface area contributed by atoms with Crippen molar-refractivity contribution in [1.29, 1.82) is 5.26 Å². The van der Waals surface area contributed by atoms with E-state index in [9.17, 15) is 4.39 Å². The van der Waals surface area contributed by atoms with Crippen LogP contribution >= 0.6 is 0 Å². The zero-order chi connectivity index (χ0) is 18.8. The molecule has 2 aliphatic carbocycles. The van der Waals surface area contributed by atoms with E-state index in [1.807, 2.05) is 6.08 Å². The molecule has 26 heavy (non-hydrogen) atoms. The fourth-order valence-corrected chi connectivity index (χ4v) is 5.00. The molecule has 144 valence electrons. The highest BCUT2D eigenvalue weighted by Crippen LogP contribution is 2.42. The lowest BCUT2D eigenvalue weighted by Gasteiger charge is -2.36. The average molecular weight is 358 g/mol. The lowest BCUT2D eigenvalue weighted by atomic mass is 9.70. The van der Waals surface area contributed by atoms with Crippen molar-refractivity contribution in [2.75, 3.05) is 0 Å². The van der Waals surface area contributed by atoms with E-state index in [0.29, 0.717) is 0 Å². The molecule has 1 nitrogen and oxygen atoms in total. The summed E-state index contributed by atoms with van der Waals surface area (Å²) in [6.45, 7) is 6.84. The van der Waals surface area contributed by atoms with Crippen LogP contribution in [0.4, 0.5) is 4.39 Å². The summed E-state index contributed by atoms with van der Waals surface area (Å²) in [4.78, 5) is 0. The van der Waals surface area contributed by atoms with Gasteiger partial charge in [-0.25, -0.2) is 0 Å². The van der Waals surface area contributed by atoms with Crippen LogP contribution in [0.2, 0.25) is 0 Å². The van der Waals surface area contributed by atoms with Gasteiger partial charge in [0.2, 0.25) is 0 Å². The van der Waals surface area contributed by atoms with Gasteiger partial charge in [-0.15, -0.1) is 0 Å². The molecule has 2 aliphatic rings. The van der Waals surface area contributed by atoms with Gasteiger partial charge in [-0.3, -0.25) is 0 Å². The summed E-state index contributed by atoms with van der Waals surface area (Å²) in [6.07, 6.45) is 20.6. The summed E-state index contributed by atoms with van der Waals surface area (Å²) in [5.41, 5.74) is 1.57. The Kier molecular flexibility index (Phi) is 9.16. The normalized spacial score (nSPS) is 30.3. The van der Waals surface area contributed by atoms with E-state index < -0.39 is 5.83 Å². The van der Waals surface area contributed by atoms with Crippen LogP contribution in [0.3, 0.4) is 0 Å². The number of allylic oxidation sites excluding steroid dienone is 5. The number of hydrogen-bond donors (Lipinski definition) is 0. The molecule has 0 aromatic heterocycles. The maximum Gasteiger partial charge on any atom is 0.199 e. The molecule has 0 bridgehead atoms. The van der Waals surface area contributed by atoms with Gasteiger partial charge < -0.3 is 0 Å². The number of nitriles is 1. The van der Waals surface area contributed by atoms with E-state index in [4.69, 9.17) is 5.26 Å². The quantitative estimate of drug-likeness (QED) is 0.248. The lowest BCUT2D eigenvalue weighted by molar-refractivity contribution is 0.241. The Hall–Kier alpha value is -1.36. The van der Waals surface area contributed by atoms with Crippen LogP contribution in [0, 0.1) is 35.0 Å². The van der Waals surface area contributed by atoms with Crippen molar-refractivity contribution >= 4 is 0 Å². The van der Waals surface area contributed by atoms with Gasteiger partial charge in [0.15, 0.2) is 5.83 Å². The predicted molar refractivity (Wildman–Crippen MR) is 108 cm³/mol. The molecule has 2 heteroatoms. The molecular weight excluding hydrogens is 321 g/mol. The molecule has 2 saturated carbocycles. The van der Waals surface area contributed by atoms with Gasteiger partial charge in [-0.2, -0.15) is 9.65 Å². The molecule has 0 saturated heterocycles. The molecule has 0 atom stereocenters. The van der Waals surface area contributed by atoms with E-state index in [1.165, 1.54) is 82.8 Å². The van der Waals surface area contributed by atoms with E-state index in [0.717, 1.165) is 30.1 Å². The number of rotatable bonds is 8. The number of halogens is 1. The first-order valence-corrected chi connectivity index (χ1v) is 10.7. The summed E-state index contributed by atoms with van der Waals surface area (Å²) >= 11 is 0. The van der Waals surface area contributed by atoms with Crippen molar-refractivity contribution in [3.63, 3.8) is 0 Å². The van der Waals surface area contributed by atoms with E-state index >= 15 is 0 Å². The van der Waals surface area contributed by atoms with Crippen LogP contribution < -0.4 is 0 Å². The van der Waals surface area contributed by atoms with Crippen molar-refractivity contribution in [1.82, 2.24) is 0 Å². The Morgan fingerprint density at radius 1 is 1.00 bits per heavy atom. The molecule has 0 aliphatic heterocycles. The topological polar surface area (TPSA) is 23.8 Å². The molecule has 2 fully saturated rings. The van der Waals surface area contributed by atoms with Gasteiger partial charge >= 0.3 is 0 Å². The lowest BCUT2D eigenvalue weighted by Crippen LogP contribution is -2.23. The van der Waals surface area contributed by atoms with E-state index in [-0.39, 0.29) is 0 Å². The fourth-order valence-electron chi connectivity index (χ4n) is 5.00. The van der Waals surface area contributed by atoms with Crippen molar-refractivity contribution in [2.24, 2.45) is 23.7 Å². The van der Waals surface area contributed by atoms with Gasteiger partial charge in [0.1, 0.15) is 6.07 Å². The van der Waals surface area contributed by atoms with Gasteiger partial charge in [0.25, 0.3) is 0 Å². The Labute approximate surface area is 160 Å². The van der Waals surface area contributed by atoms with E-state index in [2.05, 4.69) is 13.5 Å². The largest absolute Gasteiger partial charge is 0.199 e. The summed E-state index contributed by atoms with van der Waals surface area (Å²) in [6, 6.07) is 1.49. The standard InChI is InChI=1S/C24H36FN/c1-3-7-20-10-14-22(15-11-20)19(2)23-16-12-21(13-17-23)8-5-4-6-9-24(25)18-26/h4,6,9,20-23H,2-3,5,7-8,10-17H2,1H3. The maximum atomic E-state index is 12.7. The molecule has 0 aromatic rings. The number of nitrogens with zero attached hydrogens (tertiary/aromatic N) is 1. The van der Waals surface area contributed by atoms with Crippen molar-refractivity contribution in [2.45, 2.75) is 84.0 Å². The molecule has 0 unspecified atom stereocenters. The van der Waals surface area contributed by atoms with Gasteiger partial charge in [-0.05, 0) is 94.0 Å². The van der Waals surface area contributed by atoms with Gasteiger partial charge in [-0.1, -0.05) is 44.1 Å². The zero-order valence-corrected chi connectivity index (χ0v) is 16.6. The Bertz CT molecular complexity index is 523. The van der Waals surface area contributed by atoms with Crippen LogP contribution in [0.25, 0.3) is 0 Å². The minimum Gasteiger partial charge on any atom is -0.195 e. The summed E-state index contributed by atoms with van der Waals surface area (Å²) in [5, 5.41) is 8.36. The first kappa shape index (κ1) is 20.9. The average Bonchev–Trinajstić information content (AvgIpc) is 2.68. The van der Waals surface area contributed by atoms with Crippen LogP contribution in [-0.4, -0.2) is 0 Å². The highest BCUT2D eigenvalue weighted by Gasteiger charge is 2.29. The van der Waals surface area contributed by atoms with Crippen molar-refractivity contribution in [3.8, 4) is 6.07 Å². The number of hydrogen-bond acceptors (Lipinski definition) is 1. The molecule has 2 rings (SSSR count). The van der Waals surface area contributed by atoms with Gasteiger partial charge in [0.05, 0.1) is 0 Å². The van der Waals surface area contributed by atoms with Crippen LogP contribution in [0.5, 0.6) is 0 Å². The molecule has 0 heterocycles. The smallest absolute Gasteiger partial charge is 0.195 e. The molecule has 0 amide bonds. The van der Waals surface area contributed by atoms with Crippen molar-refractivity contribution in [3.05, 3.63) is 36.2 Å². The third-order valence-electron chi connectivity index (χ3n) is 6.67. The fraction of sp³-hybridized carbons (Fsp3) is 0.708.